The number of hydrogen-bond acceptors (Lipinski definition) is 2. The Balaban J connectivity index is 1.97. The molecule has 0 aromatic heterocycles. The maximum absolute atomic E-state index is 13.6. The van der Waals surface area contributed by atoms with Gasteiger partial charge in [-0.2, -0.15) is 0 Å². The fourth-order valence-electron chi connectivity index (χ4n) is 2.58. The summed E-state index contributed by atoms with van der Waals surface area (Å²) in [5, 5.41) is 2.32. The first kappa shape index (κ1) is 16.4. The second-order valence-electron chi connectivity index (χ2n) is 5.47. The van der Waals surface area contributed by atoms with Crippen LogP contribution in [-0.2, 0) is 9.59 Å². The topological polar surface area (TPSA) is 53.9 Å². The zero-order valence-corrected chi connectivity index (χ0v) is 12.7. The number of anilines is 1. The number of amides is 2. The molecule has 1 fully saturated rings. The van der Waals surface area contributed by atoms with Crippen molar-refractivity contribution in [3.05, 3.63) is 29.8 Å². The van der Waals surface area contributed by atoms with Gasteiger partial charge in [-0.25, -0.2) is 8.78 Å². The molecule has 0 aliphatic carbocycles. The molecule has 5 nitrogen and oxygen atoms in total. The summed E-state index contributed by atoms with van der Waals surface area (Å²) in [6.45, 7) is 5.66. The molecule has 1 aliphatic heterocycles. The molecule has 2 amide bonds. The van der Waals surface area contributed by atoms with Crippen LogP contribution in [0.3, 0.4) is 0 Å². The van der Waals surface area contributed by atoms with Crippen LogP contribution in [0.4, 0.5) is 14.5 Å². The van der Waals surface area contributed by atoms with Crippen LogP contribution < -0.4 is 10.2 Å². The highest BCUT2D eigenvalue weighted by molar-refractivity contribution is 5.93. The average molecular weight is 312 g/mol. The van der Waals surface area contributed by atoms with Gasteiger partial charge in [0, 0.05) is 6.92 Å². The SMILES string of the molecule is CC(=O)N1CC[NH+]([C@@H](C)C(=O)Nc2c(F)cccc2F)CC1. The molecule has 0 saturated carbocycles. The molecule has 2 rings (SSSR count). The van der Waals surface area contributed by atoms with Gasteiger partial charge >= 0.3 is 0 Å². The second kappa shape index (κ2) is 6.83. The summed E-state index contributed by atoms with van der Waals surface area (Å²) in [6.07, 6.45) is 0. The van der Waals surface area contributed by atoms with E-state index < -0.39 is 29.3 Å². The average Bonchev–Trinajstić information content (AvgIpc) is 2.50. The van der Waals surface area contributed by atoms with Crippen molar-refractivity contribution >= 4 is 17.5 Å². The molecule has 0 unspecified atom stereocenters. The second-order valence-corrected chi connectivity index (χ2v) is 5.47. The van der Waals surface area contributed by atoms with Gasteiger partial charge in [-0.3, -0.25) is 9.59 Å². The van der Waals surface area contributed by atoms with E-state index in [0.29, 0.717) is 26.2 Å². The molecule has 1 atom stereocenters. The fourth-order valence-corrected chi connectivity index (χ4v) is 2.58. The van der Waals surface area contributed by atoms with Crippen LogP contribution >= 0.6 is 0 Å². The van der Waals surface area contributed by atoms with E-state index >= 15 is 0 Å². The quantitative estimate of drug-likeness (QED) is 0.828. The number of nitrogens with zero attached hydrogens (tertiary/aromatic N) is 1. The van der Waals surface area contributed by atoms with Gasteiger partial charge in [0.05, 0.1) is 26.2 Å². The van der Waals surface area contributed by atoms with Crippen molar-refractivity contribution in [3.63, 3.8) is 0 Å². The molecule has 1 saturated heterocycles. The highest BCUT2D eigenvalue weighted by Crippen LogP contribution is 2.17. The summed E-state index contributed by atoms with van der Waals surface area (Å²) in [7, 11) is 0. The largest absolute Gasteiger partial charge is 0.332 e. The predicted molar refractivity (Wildman–Crippen MR) is 77.4 cm³/mol. The van der Waals surface area contributed by atoms with Crippen molar-refractivity contribution in [2.24, 2.45) is 0 Å². The summed E-state index contributed by atoms with van der Waals surface area (Å²) in [5.74, 6) is -2.01. The maximum atomic E-state index is 13.6. The number of halogens is 2. The molecule has 22 heavy (non-hydrogen) atoms. The lowest BCUT2D eigenvalue weighted by molar-refractivity contribution is -0.917. The minimum Gasteiger partial charge on any atom is -0.332 e. The molecule has 1 heterocycles. The first-order chi connectivity index (χ1) is 10.4. The molecule has 1 aromatic rings. The van der Waals surface area contributed by atoms with Crippen LogP contribution in [0.2, 0.25) is 0 Å². The van der Waals surface area contributed by atoms with Crippen LogP contribution in [0.1, 0.15) is 13.8 Å². The van der Waals surface area contributed by atoms with Gasteiger partial charge < -0.3 is 15.1 Å². The number of benzene rings is 1. The summed E-state index contributed by atoms with van der Waals surface area (Å²) in [6, 6.07) is 2.99. The van der Waals surface area contributed by atoms with E-state index in [2.05, 4.69) is 5.32 Å². The minimum atomic E-state index is -0.794. The van der Waals surface area contributed by atoms with Gasteiger partial charge in [0.1, 0.15) is 17.3 Å². The summed E-state index contributed by atoms with van der Waals surface area (Å²) >= 11 is 0. The molecular weight excluding hydrogens is 292 g/mol. The normalized spacial score (nSPS) is 17.2. The van der Waals surface area contributed by atoms with Crippen molar-refractivity contribution in [1.82, 2.24) is 4.90 Å². The molecule has 1 aromatic carbocycles. The Hall–Kier alpha value is -2.02. The smallest absolute Gasteiger partial charge is 0.282 e. The lowest BCUT2D eigenvalue weighted by atomic mass is 10.2. The molecule has 2 N–H and O–H groups in total. The van der Waals surface area contributed by atoms with E-state index in [1.807, 2.05) is 0 Å². The third-order valence-electron chi connectivity index (χ3n) is 4.07. The van der Waals surface area contributed by atoms with E-state index in [1.165, 1.54) is 13.0 Å². The van der Waals surface area contributed by atoms with Crippen LogP contribution in [0.5, 0.6) is 0 Å². The lowest BCUT2D eigenvalue weighted by Crippen LogP contribution is -3.19. The number of quaternary nitrogens is 1. The summed E-state index contributed by atoms with van der Waals surface area (Å²) in [4.78, 5) is 26.2. The lowest BCUT2D eigenvalue weighted by Gasteiger charge is -2.34. The van der Waals surface area contributed by atoms with E-state index in [9.17, 15) is 18.4 Å². The Morgan fingerprint density at radius 3 is 2.27 bits per heavy atom. The van der Waals surface area contributed by atoms with Crippen molar-refractivity contribution in [3.8, 4) is 0 Å². The summed E-state index contributed by atoms with van der Waals surface area (Å²) in [5.41, 5.74) is -0.416. The van der Waals surface area contributed by atoms with Crippen molar-refractivity contribution < 1.29 is 23.3 Å². The minimum absolute atomic E-state index is 0.0181. The maximum Gasteiger partial charge on any atom is 0.282 e. The number of rotatable bonds is 3. The number of carbonyl (C=O) groups excluding carboxylic acids is 2. The first-order valence-corrected chi connectivity index (χ1v) is 7.25. The van der Waals surface area contributed by atoms with Crippen molar-refractivity contribution in [1.29, 1.82) is 0 Å². The molecular formula is C15H20F2N3O2+. The number of carbonyl (C=O) groups is 2. The molecule has 0 bridgehead atoms. The monoisotopic (exact) mass is 312 g/mol. The standard InChI is InChI=1S/C15H19F2N3O2/c1-10(19-6-8-20(9-7-19)11(2)21)15(22)18-14-12(16)4-3-5-13(14)17/h3-5,10H,6-9H2,1-2H3,(H,18,22)/p+1/t10-/m0/s1. The third-order valence-corrected chi connectivity index (χ3v) is 4.07. The van der Waals surface area contributed by atoms with Gasteiger partial charge in [-0.1, -0.05) is 6.07 Å². The number of nitrogens with one attached hydrogen (secondary N) is 2. The third kappa shape index (κ3) is 3.59. The van der Waals surface area contributed by atoms with E-state index in [0.717, 1.165) is 17.0 Å². The molecule has 0 spiro atoms. The Morgan fingerprint density at radius 1 is 1.23 bits per heavy atom. The Bertz CT molecular complexity index is 552. The van der Waals surface area contributed by atoms with Crippen LogP contribution in [-0.4, -0.2) is 48.9 Å². The molecule has 7 heteroatoms. The van der Waals surface area contributed by atoms with Gasteiger partial charge in [-0.15, -0.1) is 0 Å². The zero-order chi connectivity index (χ0) is 16.3. The van der Waals surface area contributed by atoms with Crippen LogP contribution in [0.15, 0.2) is 18.2 Å². The first-order valence-electron chi connectivity index (χ1n) is 7.25. The van der Waals surface area contributed by atoms with Gasteiger partial charge in [0.2, 0.25) is 5.91 Å². The van der Waals surface area contributed by atoms with E-state index in [-0.39, 0.29) is 5.91 Å². The zero-order valence-electron chi connectivity index (χ0n) is 12.7. The number of para-hydroxylation sites is 1. The van der Waals surface area contributed by atoms with Gasteiger partial charge in [0.15, 0.2) is 6.04 Å². The van der Waals surface area contributed by atoms with Crippen molar-refractivity contribution in [2.45, 2.75) is 19.9 Å². The van der Waals surface area contributed by atoms with Crippen LogP contribution in [0.25, 0.3) is 0 Å². The van der Waals surface area contributed by atoms with Crippen molar-refractivity contribution in [2.75, 3.05) is 31.5 Å². The highest BCUT2D eigenvalue weighted by atomic mass is 19.1. The summed E-state index contributed by atoms with van der Waals surface area (Å²) < 4.78 is 27.1. The van der Waals surface area contributed by atoms with Gasteiger partial charge in [0.25, 0.3) is 5.91 Å². The molecule has 0 radical (unpaired) electrons. The molecule has 1 aliphatic rings. The Kier molecular flexibility index (Phi) is 5.07. The molecule has 120 valence electrons. The van der Waals surface area contributed by atoms with E-state index in [4.69, 9.17) is 0 Å². The van der Waals surface area contributed by atoms with Crippen LogP contribution in [0, 0.1) is 11.6 Å². The number of hydrogen-bond donors (Lipinski definition) is 2. The predicted octanol–water partition coefficient (Wildman–Crippen LogP) is 0.0388. The van der Waals surface area contributed by atoms with E-state index in [1.54, 1.807) is 11.8 Å². The number of piperazine rings is 1. The fraction of sp³-hybridized carbons (Fsp3) is 0.467. The van der Waals surface area contributed by atoms with Gasteiger partial charge in [-0.05, 0) is 19.1 Å². The Labute approximate surface area is 127 Å². The Morgan fingerprint density at radius 2 is 1.77 bits per heavy atom. The highest BCUT2D eigenvalue weighted by Gasteiger charge is 2.30.